The molecule has 2 nitrogen and oxygen atoms in total. The van der Waals surface area contributed by atoms with Crippen LogP contribution in [0.3, 0.4) is 0 Å². The highest BCUT2D eigenvalue weighted by Crippen LogP contribution is 2.36. The number of alkyl halides is 3. The molecule has 1 aromatic carbocycles. The lowest BCUT2D eigenvalue weighted by molar-refractivity contribution is -0.137. The van der Waals surface area contributed by atoms with Gasteiger partial charge in [0.05, 0.1) is 23.7 Å². The van der Waals surface area contributed by atoms with E-state index in [4.69, 9.17) is 0 Å². The van der Waals surface area contributed by atoms with Gasteiger partial charge in [0, 0.05) is 5.56 Å². The summed E-state index contributed by atoms with van der Waals surface area (Å²) in [5.41, 5.74) is -0.506. The van der Waals surface area contributed by atoms with Gasteiger partial charge in [0.2, 0.25) is 0 Å². The van der Waals surface area contributed by atoms with Gasteiger partial charge < -0.3 is 0 Å². The van der Waals surface area contributed by atoms with Crippen molar-refractivity contribution in [3.8, 4) is 11.3 Å². The minimum atomic E-state index is -4.40. The van der Waals surface area contributed by atoms with Crippen LogP contribution >= 0.6 is 15.9 Å². The van der Waals surface area contributed by atoms with Crippen molar-refractivity contribution in [2.45, 2.75) is 6.18 Å². The predicted molar refractivity (Wildman–Crippen MR) is 60.2 cm³/mol. The Hall–Kier alpha value is -1.43. The Morgan fingerprint density at radius 1 is 1.06 bits per heavy atom. The minimum absolute atomic E-state index is 0.0220. The van der Waals surface area contributed by atoms with Crippen LogP contribution < -0.4 is 0 Å². The molecule has 0 spiro atoms. The van der Waals surface area contributed by atoms with Crippen LogP contribution in [0.1, 0.15) is 5.56 Å². The molecule has 6 heteroatoms. The number of rotatable bonds is 1. The lowest BCUT2D eigenvalue weighted by Gasteiger charge is -2.11. The summed E-state index contributed by atoms with van der Waals surface area (Å²) in [6, 6.07) is 5.28. The van der Waals surface area contributed by atoms with Crippen molar-refractivity contribution < 1.29 is 13.2 Å². The molecular weight excluding hydrogens is 297 g/mol. The molecule has 0 amide bonds. The molecule has 1 heterocycles. The number of halogens is 4. The molecule has 2 rings (SSSR count). The van der Waals surface area contributed by atoms with Crippen LogP contribution in [-0.4, -0.2) is 9.97 Å². The quantitative estimate of drug-likeness (QED) is 0.798. The van der Waals surface area contributed by atoms with Crippen LogP contribution in [0.2, 0.25) is 0 Å². The Bertz CT molecular complexity index is 540. The maximum absolute atomic E-state index is 12.8. The molecule has 0 radical (unpaired) electrons. The zero-order chi connectivity index (χ0) is 12.5. The molecule has 0 unspecified atom stereocenters. The maximum Gasteiger partial charge on any atom is 0.417 e. The van der Waals surface area contributed by atoms with Crippen molar-refractivity contribution >= 4 is 15.9 Å². The van der Waals surface area contributed by atoms with Gasteiger partial charge in [-0.2, -0.15) is 13.2 Å². The molecule has 0 aliphatic rings. The highest BCUT2D eigenvalue weighted by atomic mass is 79.9. The molecule has 2 aromatic rings. The first-order chi connectivity index (χ1) is 7.98. The molecular formula is C11H6BrF3N2. The van der Waals surface area contributed by atoms with E-state index in [0.29, 0.717) is 4.60 Å². The second kappa shape index (κ2) is 4.44. The smallest absolute Gasteiger partial charge is 0.260 e. The molecule has 0 bridgehead atoms. The van der Waals surface area contributed by atoms with Gasteiger partial charge in [0.25, 0.3) is 0 Å². The maximum atomic E-state index is 12.8. The van der Waals surface area contributed by atoms with Gasteiger partial charge in [-0.15, -0.1) is 0 Å². The molecule has 1 aromatic heterocycles. The number of benzene rings is 1. The van der Waals surface area contributed by atoms with E-state index in [2.05, 4.69) is 25.9 Å². The molecule has 0 saturated carbocycles. The molecule has 0 fully saturated rings. The van der Waals surface area contributed by atoms with Crippen LogP contribution in [0.5, 0.6) is 0 Å². The van der Waals surface area contributed by atoms with E-state index in [1.165, 1.54) is 30.6 Å². The van der Waals surface area contributed by atoms with Gasteiger partial charge in [-0.25, -0.2) is 4.98 Å². The number of aromatic nitrogens is 2. The van der Waals surface area contributed by atoms with E-state index in [1.54, 1.807) is 0 Å². The standard InChI is InChI=1S/C11H6BrF3N2/c12-10-6-16-5-9(17-10)7-3-1-2-4-8(7)11(13,14)15/h1-6H. The average Bonchev–Trinajstić information content (AvgIpc) is 2.28. The summed E-state index contributed by atoms with van der Waals surface area (Å²) in [4.78, 5) is 7.78. The van der Waals surface area contributed by atoms with E-state index < -0.39 is 11.7 Å². The van der Waals surface area contributed by atoms with Gasteiger partial charge in [-0.3, -0.25) is 4.98 Å². The number of hydrogen-bond donors (Lipinski definition) is 0. The van der Waals surface area contributed by atoms with E-state index in [1.807, 2.05) is 0 Å². The molecule has 0 N–H and O–H groups in total. The Morgan fingerprint density at radius 2 is 1.76 bits per heavy atom. The van der Waals surface area contributed by atoms with Crippen molar-refractivity contribution in [2.75, 3.05) is 0 Å². The van der Waals surface area contributed by atoms with Crippen LogP contribution in [0.15, 0.2) is 41.3 Å². The Balaban J connectivity index is 2.60. The summed E-state index contributed by atoms with van der Waals surface area (Å²) in [5, 5.41) is 0. The zero-order valence-electron chi connectivity index (χ0n) is 8.37. The summed E-state index contributed by atoms with van der Waals surface area (Å²) in [6.45, 7) is 0. The van der Waals surface area contributed by atoms with Crippen LogP contribution in [0.25, 0.3) is 11.3 Å². The predicted octanol–water partition coefficient (Wildman–Crippen LogP) is 3.92. The normalized spacial score (nSPS) is 11.5. The average molecular weight is 303 g/mol. The summed E-state index contributed by atoms with van der Waals surface area (Å²) < 4.78 is 38.7. The Kier molecular flexibility index (Phi) is 3.15. The third-order valence-electron chi connectivity index (χ3n) is 2.11. The second-order valence-electron chi connectivity index (χ2n) is 3.27. The summed E-state index contributed by atoms with van der Waals surface area (Å²) in [6.07, 6.45) is -1.68. The largest absolute Gasteiger partial charge is 0.417 e. The van der Waals surface area contributed by atoms with Crippen molar-refractivity contribution in [1.29, 1.82) is 0 Å². The SMILES string of the molecule is FC(F)(F)c1ccccc1-c1cncc(Br)n1. The van der Waals surface area contributed by atoms with Gasteiger partial charge in [0.1, 0.15) is 4.60 Å². The van der Waals surface area contributed by atoms with Crippen LogP contribution in [0.4, 0.5) is 13.2 Å². The van der Waals surface area contributed by atoms with E-state index in [0.717, 1.165) is 6.07 Å². The molecule has 17 heavy (non-hydrogen) atoms. The molecule has 0 saturated heterocycles. The highest BCUT2D eigenvalue weighted by Gasteiger charge is 2.33. The number of nitrogens with zero attached hydrogens (tertiary/aromatic N) is 2. The van der Waals surface area contributed by atoms with Crippen molar-refractivity contribution in [1.82, 2.24) is 9.97 Å². The van der Waals surface area contributed by atoms with E-state index in [9.17, 15) is 13.2 Å². The van der Waals surface area contributed by atoms with Crippen molar-refractivity contribution in [3.63, 3.8) is 0 Å². The Morgan fingerprint density at radius 3 is 2.41 bits per heavy atom. The third-order valence-corrected chi connectivity index (χ3v) is 2.50. The number of hydrogen-bond acceptors (Lipinski definition) is 2. The van der Waals surface area contributed by atoms with Crippen LogP contribution in [-0.2, 0) is 6.18 Å². The third kappa shape index (κ3) is 2.63. The van der Waals surface area contributed by atoms with Crippen molar-refractivity contribution in [2.24, 2.45) is 0 Å². The first-order valence-corrected chi connectivity index (χ1v) is 5.42. The topological polar surface area (TPSA) is 25.8 Å². The first kappa shape index (κ1) is 12.0. The molecule has 0 atom stereocenters. The fraction of sp³-hybridized carbons (Fsp3) is 0.0909. The van der Waals surface area contributed by atoms with E-state index >= 15 is 0 Å². The fourth-order valence-electron chi connectivity index (χ4n) is 1.43. The van der Waals surface area contributed by atoms with Gasteiger partial charge in [-0.05, 0) is 22.0 Å². The van der Waals surface area contributed by atoms with Gasteiger partial charge in [0.15, 0.2) is 0 Å². The lowest BCUT2D eigenvalue weighted by atomic mass is 10.0. The fourth-order valence-corrected chi connectivity index (χ4v) is 1.73. The van der Waals surface area contributed by atoms with Crippen molar-refractivity contribution in [3.05, 3.63) is 46.8 Å². The van der Waals surface area contributed by atoms with Crippen LogP contribution in [0, 0.1) is 0 Å². The second-order valence-corrected chi connectivity index (χ2v) is 4.08. The minimum Gasteiger partial charge on any atom is -0.260 e. The first-order valence-electron chi connectivity index (χ1n) is 4.62. The van der Waals surface area contributed by atoms with Gasteiger partial charge in [-0.1, -0.05) is 18.2 Å². The zero-order valence-corrected chi connectivity index (χ0v) is 9.96. The summed E-state index contributed by atoms with van der Waals surface area (Å²) in [7, 11) is 0. The Labute approximate surface area is 104 Å². The van der Waals surface area contributed by atoms with E-state index in [-0.39, 0.29) is 11.3 Å². The molecule has 88 valence electrons. The molecule has 0 aliphatic heterocycles. The summed E-state index contributed by atoms with van der Waals surface area (Å²) >= 11 is 3.08. The summed E-state index contributed by atoms with van der Waals surface area (Å²) in [5.74, 6) is 0. The monoisotopic (exact) mass is 302 g/mol. The highest BCUT2D eigenvalue weighted by molar-refractivity contribution is 9.10. The lowest BCUT2D eigenvalue weighted by Crippen LogP contribution is -2.07. The van der Waals surface area contributed by atoms with Gasteiger partial charge >= 0.3 is 6.18 Å². The molecule has 0 aliphatic carbocycles.